The molecule has 0 bridgehead atoms. The van der Waals surface area contributed by atoms with E-state index in [1.54, 1.807) is 11.9 Å². The Morgan fingerprint density at radius 2 is 2.08 bits per heavy atom. The van der Waals surface area contributed by atoms with Crippen LogP contribution in [0, 0.1) is 11.8 Å². The minimum Gasteiger partial charge on any atom is -0.267 e. The molecule has 1 N–H and O–H groups in total. The standard InChI is InChI=1S/C10H21NS/c1-5-10(8-12-11-4)7-6-9(2)3/h5,9-11H,1,6-8H2,2-4H3. The van der Waals surface area contributed by atoms with Crippen LogP contribution < -0.4 is 4.72 Å². The third-order valence-electron chi connectivity index (χ3n) is 1.89. The van der Waals surface area contributed by atoms with Crippen LogP contribution in [0.3, 0.4) is 0 Å². The fraction of sp³-hybridized carbons (Fsp3) is 0.800. The van der Waals surface area contributed by atoms with E-state index < -0.39 is 0 Å². The van der Waals surface area contributed by atoms with Crippen LogP contribution in [-0.4, -0.2) is 12.8 Å². The van der Waals surface area contributed by atoms with Crippen LogP contribution in [-0.2, 0) is 0 Å². The van der Waals surface area contributed by atoms with Crippen molar-refractivity contribution in [3.05, 3.63) is 12.7 Å². The Balaban J connectivity index is 3.46. The molecule has 0 radical (unpaired) electrons. The van der Waals surface area contributed by atoms with E-state index >= 15 is 0 Å². The van der Waals surface area contributed by atoms with E-state index in [0.29, 0.717) is 5.92 Å². The van der Waals surface area contributed by atoms with E-state index in [2.05, 4.69) is 31.2 Å². The maximum atomic E-state index is 3.85. The van der Waals surface area contributed by atoms with Gasteiger partial charge in [0.1, 0.15) is 0 Å². The summed E-state index contributed by atoms with van der Waals surface area (Å²) in [5, 5.41) is 0. The molecule has 1 unspecified atom stereocenters. The molecule has 0 aromatic carbocycles. The highest BCUT2D eigenvalue weighted by molar-refractivity contribution is 7.97. The second-order valence-electron chi connectivity index (χ2n) is 3.48. The highest BCUT2D eigenvalue weighted by Gasteiger charge is 2.04. The molecule has 2 heteroatoms. The van der Waals surface area contributed by atoms with Gasteiger partial charge in [0.05, 0.1) is 0 Å². The van der Waals surface area contributed by atoms with Gasteiger partial charge in [-0.1, -0.05) is 38.3 Å². The summed E-state index contributed by atoms with van der Waals surface area (Å²) >= 11 is 1.77. The number of rotatable bonds is 7. The Labute approximate surface area is 81.1 Å². The van der Waals surface area contributed by atoms with Crippen molar-refractivity contribution >= 4 is 11.9 Å². The first kappa shape index (κ1) is 12.0. The van der Waals surface area contributed by atoms with E-state index in [0.717, 1.165) is 11.7 Å². The lowest BCUT2D eigenvalue weighted by Gasteiger charge is -2.12. The van der Waals surface area contributed by atoms with Crippen molar-refractivity contribution in [3.63, 3.8) is 0 Å². The monoisotopic (exact) mass is 187 g/mol. The van der Waals surface area contributed by atoms with Gasteiger partial charge in [0.25, 0.3) is 0 Å². The zero-order valence-corrected chi connectivity index (χ0v) is 9.29. The van der Waals surface area contributed by atoms with Gasteiger partial charge in [0.15, 0.2) is 0 Å². The van der Waals surface area contributed by atoms with Crippen molar-refractivity contribution in [2.75, 3.05) is 12.8 Å². The molecule has 0 spiro atoms. The van der Waals surface area contributed by atoms with Crippen LogP contribution in [0.25, 0.3) is 0 Å². The lowest BCUT2D eigenvalue weighted by molar-refractivity contribution is 0.506. The molecule has 72 valence electrons. The predicted octanol–water partition coefficient (Wildman–Crippen LogP) is 3.09. The van der Waals surface area contributed by atoms with E-state index in [1.165, 1.54) is 12.8 Å². The molecule has 1 atom stereocenters. The van der Waals surface area contributed by atoms with Gasteiger partial charge in [-0.3, -0.25) is 4.72 Å². The Morgan fingerprint density at radius 1 is 1.42 bits per heavy atom. The lowest BCUT2D eigenvalue weighted by atomic mass is 9.99. The average molecular weight is 187 g/mol. The number of nitrogens with one attached hydrogen (secondary N) is 1. The summed E-state index contributed by atoms with van der Waals surface area (Å²) in [5.74, 6) is 2.63. The van der Waals surface area contributed by atoms with Crippen molar-refractivity contribution in [1.82, 2.24) is 4.72 Å². The van der Waals surface area contributed by atoms with E-state index in [1.807, 2.05) is 7.05 Å². The molecule has 0 aromatic rings. The highest BCUT2D eigenvalue weighted by atomic mass is 32.2. The highest BCUT2D eigenvalue weighted by Crippen LogP contribution is 2.16. The fourth-order valence-corrected chi connectivity index (χ4v) is 1.69. The summed E-state index contributed by atoms with van der Waals surface area (Å²) < 4.78 is 3.09. The van der Waals surface area contributed by atoms with Crippen LogP contribution >= 0.6 is 11.9 Å². The van der Waals surface area contributed by atoms with Gasteiger partial charge in [-0.2, -0.15) is 0 Å². The Bertz CT molecular complexity index is 112. The summed E-state index contributed by atoms with van der Waals surface area (Å²) in [5.41, 5.74) is 0. The van der Waals surface area contributed by atoms with E-state index in [4.69, 9.17) is 0 Å². The van der Waals surface area contributed by atoms with E-state index in [9.17, 15) is 0 Å². The number of hydrogen-bond donors (Lipinski definition) is 1. The molecule has 0 heterocycles. The van der Waals surface area contributed by atoms with Gasteiger partial charge in [0.2, 0.25) is 0 Å². The molecule has 0 rings (SSSR count). The normalized spacial score (nSPS) is 13.3. The quantitative estimate of drug-likeness (QED) is 0.485. The molecule has 0 saturated carbocycles. The minimum absolute atomic E-state index is 0.671. The van der Waals surface area contributed by atoms with Crippen molar-refractivity contribution < 1.29 is 0 Å². The summed E-state index contributed by atoms with van der Waals surface area (Å²) in [4.78, 5) is 0. The van der Waals surface area contributed by atoms with Crippen molar-refractivity contribution in [1.29, 1.82) is 0 Å². The van der Waals surface area contributed by atoms with Gasteiger partial charge >= 0.3 is 0 Å². The first-order chi connectivity index (χ1) is 5.70. The lowest BCUT2D eigenvalue weighted by Crippen LogP contribution is -2.05. The molecule has 12 heavy (non-hydrogen) atoms. The summed E-state index contributed by atoms with van der Waals surface area (Å²) in [6.07, 6.45) is 4.66. The number of allylic oxidation sites excluding steroid dienone is 1. The zero-order chi connectivity index (χ0) is 9.40. The summed E-state index contributed by atoms with van der Waals surface area (Å²) in [6.45, 7) is 8.39. The molecule has 1 nitrogen and oxygen atoms in total. The average Bonchev–Trinajstić information content (AvgIpc) is 2.05. The third kappa shape index (κ3) is 6.74. The second kappa shape index (κ2) is 7.69. The SMILES string of the molecule is C=CC(CCC(C)C)CSNC. The topological polar surface area (TPSA) is 12.0 Å². The molecular formula is C10H21NS. The van der Waals surface area contributed by atoms with Gasteiger partial charge in [0, 0.05) is 5.75 Å². The first-order valence-corrected chi connectivity index (χ1v) is 5.60. The summed E-state index contributed by atoms with van der Waals surface area (Å²) in [6, 6.07) is 0. The van der Waals surface area contributed by atoms with Crippen LogP contribution in [0.15, 0.2) is 12.7 Å². The summed E-state index contributed by atoms with van der Waals surface area (Å²) in [7, 11) is 1.97. The van der Waals surface area contributed by atoms with Gasteiger partial charge < -0.3 is 0 Å². The Morgan fingerprint density at radius 3 is 2.50 bits per heavy atom. The van der Waals surface area contributed by atoms with Gasteiger partial charge in [-0.15, -0.1) is 6.58 Å². The second-order valence-corrected chi connectivity index (χ2v) is 4.51. The van der Waals surface area contributed by atoms with Gasteiger partial charge in [-0.05, 0) is 25.3 Å². The molecular weight excluding hydrogens is 166 g/mol. The molecule has 0 aliphatic heterocycles. The minimum atomic E-state index is 0.671. The van der Waals surface area contributed by atoms with Crippen molar-refractivity contribution in [2.24, 2.45) is 11.8 Å². The smallest absolute Gasteiger partial charge is 0.0141 e. The molecule has 0 amide bonds. The fourth-order valence-electron chi connectivity index (χ4n) is 1.01. The van der Waals surface area contributed by atoms with Crippen LogP contribution in [0.5, 0.6) is 0 Å². The van der Waals surface area contributed by atoms with Crippen LogP contribution in [0.1, 0.15) is 26.7 Å². The predicted molar refractivity (Wildman–Crippen MR) is 59.3 cm³/mol. The molecule has 0 aliphatic rings. The Hall–Kier alpha value is 0.0500. The van der Waals surface area contributed by atoms with Crippen molar-refractivity contribution in [2.45, 2.75) is 26.7 Å². The van der Waals surface area contributed by atoms with Crippen molar-refractivity contribution in [3.8, 4) is 0 Å². The first-order valence-electron chi connectivity index (χ1n) is 4.61. The Kier molecular flexibility index (Phi) is 7.72. The molecule has 0 fully saturated rings. The molecule has 0 aromatic heterocycles. The largest absolute Gasteiger partial charge is 0.267 e. The molecule has 0 aliphatic carbocycles. The molecule has 0 saturated heterocycles. The van der Waals surface area contributed by atoms with Crippen LogP contribution in [0.2, 0.25) is 0 Å². The maximum absolute atomic E-state index is 3.85. The number of hydrogen-bond acceptors (Lipinski definition) is 2. The van der Waals surface area contributed by atoms with E-state index in [-0.39, 0.29) is 0 Å². The zero-order valence-electron chi connectivity index (χ0n) is 8.47. The third-order valence-corrected chi connectivity index (χ3v) is 2.77. The van der Waals surface area contributed by atoms with Crippen LogP contribution in [0.4, 0.5) is 0 Å². The maximum Gasteiger partial charge on any atom is 0.0141 e. The van der Waals surface area contributed by atoms with Gasteiger partial charge in [-0.25, -0.2) is 0 Å².